The highest BCUT2D eigenvalue weighted by molar-refractivity contribution is 7.99. The lowest BCUT2D eigenvalue weighted by atomic mass is 10.2. The maximum atomic E-state index is 13.0. The molecule has 0 spiro atoms. The molecule has 0 fully saturated rings. The van der Waals surface area contributed by atoms with Gasteiger partial charge in [-0.05, 0) is 48.5 Å². The molecule has 0 N–H and O–H groups in total. The van der Waals surface area contributed by atoms with Gasteiger partial charge in [-0.15, -0.1) is 10.2 Å². The van der Waals surface area contributed by atoms with Crippen LogP contribution in [0.1, 0.15) is 0 Å². The second kappa shape index (κ2) is 8.67. The molecule has 0 amide bonds. The van der Waals surface area contributed by atoms with E-state index < -0.39 is 0 Å². The van der Waals surface area contributed by atoms with Gasteiger partial charge >= 0.3 is 0 Å². The average Bonchev–Trinajstić information content (AvgIpc) is 3.18. The normalized spacial score (nSPS) is 10.8. The summed E-state index contributed by atoms with van der Waals surface area (Å²) in [5.41, 5.74) is 1.93. The molecule has 0 aliphatic rings. The second-order valence-corrected chi connectivity index (χ2v) is 6.93. The first-order chi connectivity index (χ1) is 13.8. The van der Waals surface area contributed by atoms with Crippen molar-refractivity contribution in [2.45, 2.75) is 5.16 Å². The van der Waals surface area contributed by atoms with E-state index in [1.807, 2.05) is 47.0 Å². The van der Waals surface area contributed by atoms with Crippen LogP contribution in [0.3, 0.4) is 0 Å². The molecule has 0 atom stereocenters. The van der Waals surface area contributed by atoms with Gasteiger partial charge in [0.25, 0.3) is 0 Å². The number of thioether (sulfide) groups is 1. The zero-order valence-electron chi connectivity index (χ0n) is 14.9. The van der Waals surface area contributed by atoms with Crippen molar-refractivity contribution in [3.63, 3.8) is 0 Å². The molecule has 4 aromatic rings. The topological polar surface area (TPSA) is 52.8 Å². The molecule has 2 aromatic heterocycles. The zero-order valence-corrected chi connectivity index (χ0v) is 15.7. The molecule has 0 saturated heterocycles. The Balaban J connectivity index is 1.52. The predicted molar refractivity (Wildman–Crippen MR) is 107 cm³/mol. The Kier molecular flexibility index (Phi) is 5.63. The largest absolute Gasteiger partial charge is 0.493 e. The van der Waals surface area contributed by atoms with Gasteiger partial charge in [-0.1, -0.05) is 30.0 Å². The third-order valence-electron chi connectivity index (χ3n) is 3.98. The van der Waals surface area contributed by atoms with Gasteiger partial charge in [0.2, 0.25) is 0 Å². The molecule has 2 aromatic carbocycles. The first-order valence-corrected chi connectivity index (χ1v) is 9.72. The van der Waals surface area contributed by atoms with Crippen LogP contribution in [0.4, 0.5) is 4.39 Å². The summed E-state index contributed by atoms with van der Waals surface area (Å²) in [5, 5.41) is 9.55. The molecule has 0 saturated carbocycles. The fraction of sp³-hybridized carbons (Fsp3) is 0.0952. The average molecular weight is 392 g/mol. The van der Waals surface area contributed by atoms with E-state index in [9.17, 15) is 4.39 Å². The molecule has 28 heavy (non-hydrogen) atoms. The minimum atomic E-state index is -0.277. The highest BCUT2D eigenvalue weighted by Gasteiger charge is 2.15. The second-order valence-electron chi connectivity index (χ2n) is 5.86. The summed E-state index contributed by atoms with van der Waals surface area (Å²) in [6.45, 7) is 0.475. The van der Waals surface area contributed by atoms with Gasteiger partial charge in [0.1, 0.15) is 11.6 Å². The number of pyridine rings is 1. The van der Waals surface area contributed by atoms with E-state index in [2.05, 4.69) is 15.2 Å². The van der Waals surface area contributed by atoms with Crippen molar-refractivity contribution in [2.75, 3.05) is 12.4 Å². The minimum absolute atomic E-state index is 0.277. The Morgan fingerprint density at radius 3 is 2.39 bits per heavy atom. The zero-order chi connectivity index (χ0) is 19.2. The van der Waals surface area contributed by atoms with E-state index in [1.54, 1.807) is 36.3 Å². The van der Waals surface area contributed by atoms with Crippen molar-refractivity contribution in [1.29, 1.82) is 0 Å². The van der Waals surface area contributed by atoms with E-state index in [4.69, 9.17) is 4.74 Å². The van der Waals surface area contributed by atoms with Crippen LogP contribution in [-0.4, -0.2) is 32.1 Å². The van der Waals surface area contributed by atoms with Crippen LogP contribution in [0.2, 0.25) is 0 Å². The predicted octanol–water partition coefficient (Wildman–Crippen LogP) is 4.64. The smallest absolute Gasteiger partial charge is 0.196 e. The summed E-state index contributed by atoms with van der Waals surface area (Å²) in [5.74, 6) is 1.81. The van der Waals surface area contributed by atoms with Crippen molar-refractivity contribution in [2.24, 2.45) is 0 Å². The number of nitrogens with zero attached hydrogens (tertiary/aromatic N) is 4. The Hall–Kier alpha value is -3.19. The number of hydrogen-bond acceptors (Lipinski definition) is 5. The van der Waals surface area contributed by atoms with Crippen molar-refractivity contribution < 1.29 is 9.13 Å². The number of para-hydroxylation sites is 1. The number of benzene rings is 2. The Morgan fingerprint density at radius 2 is 1.64 bits per heavy atom. The van der Waals surface area contributed by atoms with E-state index in [0.717, 1.165) is 22.2 Å². The molecule has 5 nitrogen and oxygen atoms in total. The van der Waals surface area contributed by atoms with Gasteiger partial charge in [-0.2, -0.15) is 0 Å². The van der Waals surface area contributed by atoms with Crippen molar-refractivity contribution in [3.05, 3.63) is 84.9 Å². The van der Waals surface area contributed by atoms with E-state index in [0.29, 0.717) is 18.1 Å². The van der Waals surface area contributed by atoms with Crippen molar-refractivity contribution in [1.82, 2.24) is 19.7 Å². The molecular formula is C21H17FN4OS. The summed E-state index contributed by atoms with van der Waals surface area (Å²) in [7, 11) is 0. The molecule has 7 heteroatoms. The van der Waals surface area contributed by atoms with Crippen LogP contribution < -0.4 is 4.74 Å². The third kappa shape index (κ3) is 4.20. The molecule has 140 valence electrons. The standard InChI is InChI=1S/C21H17FN4OS/c22-17-6-8-19(9-7-17)27-14-15-28-21-25-24-20(16-10-12-23-13-11-16)26(21)18-4-2-1-3-5-18/h1-13H,14-15H2. The SMILES string of the molecule is Fc1ccc(OCCSc2nnc(-c3ccncc3)n2-c2ccccc2)cc1. The van der Waals surface area contributed by atoms with Crippen LogP contribution in [0.15, 0.2) is 84.3 Å². The van der Waals surface area contributed by atoms with Gasteiger partial charge in [0.05, 0.1) is 6.61 Å². The monoisotopic (exact) mass is 392 g/mol. The van der Waals surface area contributed by atoms with Crippen LogP contribution >= 0.6 is 11.8 Å². The number of hydrogen-bond donors (Lipinski definition) is 0. The molecule has 0 radical (unpaired) electrons. The first-order valence-electron chi connectivity index (χ1n) is 8.74. The summed E-state index contributed by atoms with van der Waals surface area (Å²) < 4.78 is 20.7. The Bertz CT molecular complexity index is 1020. The molecule has 2 heterocycles. The Labute approximate surface area is 166 Å². The minimum Gasteiger partial charge on any atom is -0.493 e. The van der Waals surface area contributed by atoms with Crippen LogP contribution in [-0.2, 0) is 0 Å². The Morgan fingerprint density at radius 1 is 0.893 bits per heavy atom. The lowest BCUT2D eigenvalue weighted by Gasteiger charge is -2.10. The summed E-state index contributed by atoms with van der Waals surface area (Å²) >= 11 is 1.55. The number of halogens is 1. The van der Waals surface area contributed by atoms with E-state index in [1.165, 1.54) is 12.1 Å². The van der Waals surface area contributed by atoms with Gasteiger partial charge in [-0.25, -0.2) is 4.39 Å². The number of rotatable bonds is 7. The van der Waals surface area contributed by atoms with Crippen molar-refractivity contribution >= 4 is 11.8 Å². The fourth-order valence-corrected chi connectivity index (χ4v) is 3.45. The van der Waals surface area contributed by atoms with Gasteiger partial charge in [0.15, 0.2) is 11.0 Å². The lowest BCUT2D eigenvalue weighted by Crippen LogP contribution is -2.03. The summed E-state index contributed by atoms with van der Waals surface area (Å²) in [6, 6.07) is 19.8. The first kappa shape index (κ1) is 18.2. The molecule has 4 rings (SSSR count). The van der Waals surface area contributed by atoms with Gasteiger partial charge in [0, 0.05) is 29.4 Å². The van der Waals surface area contributed by atoms with Gasteiger partial charge in [-0.3, -0.25) is 9.55 Å². The molecular weight excluding hydrogens is 375 g/mol. The molecule has 0 bridgehead atoms. The van der Waals surface area contributed by atoms with Crippen molar-refractivity contribution in [3.8, 4) is 22.8 Å². The summed E-state index contributed by atoms with van der Waals surface area (Å²) in [6.07, 6.45) is 3.48. The molecule has 0 aliphatic heterocycles. The van der Waals surface area contributed by atoms with Crippen LogP contribution in [0.25, 0.3) is 17.1 Å². The van der Waals surface area contributed by atoms with E-state index in [-0.39, 0.29) is 5.82 Å². The number of ether oxygens (including phenoxy) is 1. The highest BCUT2D eigenvalue weighted by Crippen LogP contribution is 2.27. The highest BCUT2D eigenvalue weighted by atomic mass is 32.2. The van der Waals surface area contributed by atoms with Crippen LogP contribution in [0.5, 0.6) is 5.75 Å². The van der Waals surface area contributed by atoms with E-state index >= 15 is 0 Å². The van der Waals surface area contributed by atoms with Gasteiger partial charge < -0.3 is 4.74 Å². The molecule has 0 aliphatic carbocycles. The van der Waals surface area contributed by atoms with Crippen LogP contribution in [0, 0.1) is 5.82 Å². The number of aromatic nitrogens is 4. The fourth-order valence-electron chi connectivity index (χ4n) is 2.68. The maximum Gasteiger partial charge on any atom is 0.196 e. The quantitative estimate of drug-likeness (QED) is 0.339. The maximum absolute atomic E-state index is 13.0. The molecule has 0 unspecified atom stereocenters. The summed E-state index contributed by atoms with van der Waals surface area (Å²) in [4.78, 5) is 4.07. The third-order valence-corrected chi connectivity index (χ3v) is 4.88. The lowest BCUT2D eigenvalue weighted by molar-refractivity contribution is 0.343.